The van der Waals surface area contributed by atoms with Crippen LogP contribution in [0.15, 0.2) is 79.1 Å². The number of hydrogen-bond acceptors (Lipinski definition) is 2. The highest BCUT2D eigenvalue weighted by molar-refractivity contribution is 5.84. The molecule has 0 aliphatic rings. The van der Waals surface area contributed by atoms with Gasteiger partial charge < -0.3 is 5.32 Å². The van der Waals surface area contributed by atoms with E-state index >= 15 is 0 Å². The number of amides is 1. The topological polar surface area (TPSA) is 42.0 Å². The Hall–Kier alpha value is -3.01. The Labute approximate surface area is 152 Å². The van der Waals surface area contributed by atoms with Gasteiger partial charge in [-0.2, -0.15) is 0 Å². The lowest BCUT2D eigenvalue weighted by molar-refractivity contribution is -0.123. The van der Waals surface area contributed by atoms with E-state index in [1.807, 2.05) is 49.4 Å². The van der Waals surface area contributed by atoms with Crippen molar-refractivity contribution in [2.45, 2.75) is 25.3 Å². The molecule has 2 unspecified atom stereocenters. The van der Waals surface area contributed by atoms with Crippen molar-refractivity contribution >= 4 is 5.91 Å². The molecule has 0 saturated carbocycles. The molecule has 0 radical (unpaired) electrons. The van der Waals surface area contributed by atoms with Gasteiger partial charge in [0, 0.05) is 12.4 Å². The molecule has 0 saturated heterocycles. The summed E-state index contributed by atoms with van der Waals surface area (Å²) in [6.07, 6.45) is 3.96. The van der Waals surface area contributed by atoms with Gasteiger partial charge in [0.2, 0.25) is 5.91 Å². The molecule has 0 spiro atoms. The van der Waals surface area contributed by atoms with Crippen molar-refractivity contribution in [2.75, 3.05) is 0 Å². The van der Waals surface area contributed by atoms with E-state index in [9.17, 15) is 9.18 Å². The van der Waals surface area contributed by atoms with Crippen LogP contribution in [0, 0.1) is 5.82 Å². The minimum absolute atomic E-state index is 0.0863. The predicted molar refractivity (Wildman–Crippen MR) is 100 cm³/mol. The van der Waals surface area contributed by atoms with E-state index < -0.39 is 5.92 Å². The minimum Gasteiger partial charge on any atom is -0.349 e. The van der Waals surface area contributed by atoms with Gasteiger partial charge in [-0.1, -0.05) is 48.5 Å². The summed E-state index contributed by atoms with van der Waals surface area (Å²) >= 11 is 0. The lowest BCUT2D eigenvalue weighted by Crippen LogP contribution is -2.32. The first-order chi connectivity index (χ1) is 12.6. The molecule has 0 bridgehead atoms. The summed E-state index contributed by atoms with van der Waals surface area (Å²) in [5, 5.41) is 3.08. The van der Waals surface area contributed by atoms with E-state index in [1.165, 1.54) is 12.1 Å². The Morgan fingerprint density at radius 3 is 2.38 bits per heavy atom. The van der Waals surface area contributed by atoms with Crippen LogP contribution in [-0.4, -0.2) is 10.9 Å². The first-order valence-corrected chi connectivity index (χ1v) is 8.63. The van der Waals surface area contributed by atoms with Crippen LogP contribution in [0.3, 0.4) is 0 Å². The number of aromatic nitrogens is 1. The fourth-order valence-corrected chi connectivity index (χ4v) is 2.95. The Morgan fingerprint density at radius 2 is 1.73 bits per heavy atom. The number of nitrogens with one attached hydrogen (secondary N) is 1. The number of rotatable bonds is 6. The van der Waals surface area contributed by atoms with E-state index in [4.69, 9.17) is 0 Å². The second-order valence-electron chi connectivity index (χ2n) is 6.31. The first kappa shape index (κ1) is 17.8. The second kappa shape index (κ2) is 8.39. The van der Waals surface area contributed by atoms with Crippen LogP contribution in [-0.2, 0) is 11.2 Å². The Morgan fingerprint density at radius 1 is 1.00 bits per heavy atom. The number of pyridine rings is 1. The van der Waals surface area contributed by atoms with E-state index in [0.29, 0.717) is 6.42 Å². The maximum Gasteiger partial charge on any atom is 0.228 e. The normalized spacial score (nSPS) is 13.0. The van der Waals surface area contributed by atoms with Gasteiger partial charge in [0.25, 0.3) is 0 Å². The lowest BCUT2D eigenvalue weighted by Gasteiger charge is -2.21. The largest absolute Gasteiger partial charge is 0.349 e. The van der Waals surface area contributed by atoms with Crippen molar-refractivity contribution in [1.29, 1.82) is 0 Å². The fourth-order valence-electron chi connectivity index (χ4n) is 2.95. The summed E-state index contributed by atoms with van der Waals surface area (Å²) < 4.78 is 13.3. The Bertz CT molecular complexity index is 835. The third-order valence-corrected chi connectivity index (χ3v) is 4.41. The zero-order chi connectivity index (χ0) is 18.4. The van der Waals surface area contributed by atoms with Crippen LogP contribution in [0.4, 0.5) is 4.39 Å². The molecule has 132 valence electrons. The summed E-state index contributed by atoms with van der Waals surface area (Å²) in [6, 6.07) is 19.6. The molecule has 1 aromatic heterocycles. The van der Waals surface area contributed by atoms with Crippen LogP contribution in [0.5, 0.6) is 0 Å². The standard InChI is InChI=1S/C22H21FN2O/c1-16(18-7-3-2-4-8-18)25-22(26)21(14-17-6-5-13-24-15-17)19-9-11-20(23)12-10-19/h2-13,15-16,21H,14H2,1H3,(H,25,26). The molecule has 1 heterocycles. The van der Waals surface area contributed by atoms with Crippen molar-refractivity contribution in [3.8, 4) is 0 Å². The number of nitrogens with zero attached hydrogens (tertiary/aromatic N) is 1. The van der Waals surface area contributed by atoms with Gasteiger partial charge in [0.15, 0.2) is 0 Å². The predicted octanol–water partition coefficient (Wildman–Crippen LogP) is 4.42. The fraction of sp³-hybridized carbons (Fsp3) is 0.182. The third-order valence-electron chi connectivity index (χ3n) is 4.41. The van der Waals surface area contributed by atoms with Gasteiger partial charge in [-0.3, -0.25) is 9.78 Å². The number of carbonyl (C=O) groups is 1. The van der Waals surface area contributed by atoms with Crippen molar-refractivity contribution in [3.63, 3.8) is 0 Å². The molecule has 2 aromatic carbocycles. The quantitative estimate of drug-likeness (QED) is 0.716. The van der Waals surface area contributed by atoms with E-state index in [2.05, 4.69) is 10.3 Å². The van der Waals surface area contributed by atoms with Gasteiger partial charge in [0.05, 0.1) is 12.0 Å². The smallest absolute Gasteiger partial charge is 0.228 e. The summed E-state index contributed by atoms with van der Waals surface area (Å²) in [6.45, 7) is 1.96. The molecule has 3 aromatic rings. The highest BCUT2D eigenvalue weighted by Crippen LogP contribution is 2.23. The monoisotopic (exact) mass is 348 g/mol. The summed E-state index contributed by atoms with van der Waals surface area (Å²) in [4.78, 5) is 17.1. The molecule has 4 heteroatoms. The minimum atomic E-state index is -0.411. The number of benzene rings is 2. The van der Waals surface area contributed by atoms with Crippen molar-refractivity contribution in [1.82, 2.24) is 10.3 Å². The number of hydrogen-bond donors (Lipinski definition) is 1. The average Bonchev–Trinajstić information content (AvgIpc) is 2.68. The zero-order valence-corrected chi connectivity index (χ0v) is 14.6. The van der Waals surface area contributed by atoms with E-state index in [-0.39, 0.29) is 17.8 Å². The maximum absolute atomic E-state index is 13.3. The van der Waals surface area contributed by atoms with Crippen LogP contribution >= 0.6 is 0 Å². The first-order valence-electron chi connectivity index (χ1n) is 8.63. The van der Waals surface area contributed by atoms with Crippen molar-refractivity contribution in [3.05, 3.63) is 102 Å². The molecule has 3 nitrogen and oxygen atoms in total. The molecule has 1 N–H and O–H groups in total. The van der Waals surface area contributed by atoms with E-state index in [0.717, 1.165) is 16.7 Å². The highest BCUT2D eigenvalue weighted by Gasteiger charge is 2.23. The van der Waals surface area contributed by atoms with Gasteiger partial charge >= 0.3 is 0 Å². The number of halogens is 1. The molecule has 0 aliphatic heterocycles. The van der Waals surface area contributed by atoms with Gasteiger partial charge in [0.1, 0.15) is 5.82 Å². The molecular weight excluding hydrogens is 327 g/mol. The van der Waals surface area contributed by atoms with Crippen molar-refractivity contribution in [2.24, 2.45) is 0 Å². The third kappa shape index (κ3) is 4.54. The van der Waals surface area contributed by atoms with Crippen LogP contribution < -0.4 is 5.32 Å². The van der Waals surface area contributed by atoms with Crippen LogP contribution in [0.2, 0.25) is 0 Å². The van der Waals surface area contributed by atoms with Crippen LogP contribution in [0.1, 0.15) is 35.6 Å². The summed E-state index contributed by atoms with van der Waals surface area (Å²) in [7, 11) is 0. The second-order valence-corrected chi connectivity index (χ2v) is 6.31. The van der Waals surface area contributed by atoms with Gasteiger partial charge in [-0.05, 0) is 48.2 Å². The summed E-state index contributed by atoms with van der Waals surface area (Å²) in [5.74, 6) is -0.810. The SMILES string of the molecule is CC(NC(=O)C(Cc1cccnc1)c1ccc(F)cc1)c1ccccc1. The molecule has 26 heavy (non-hydrogen) atoms. The molecule has 1 amide bonds. The van der Waals surface area contributed by atoms with Crippen LogP contribution in [0.25, 0.3) is 0 Å². The van der Waals surface area contributed by atoms with E-state index in [1.54, 1.807) is 24.5 Å². The Kier molecular flexibility index (Phi) is 5.74. The van der Waals surface area contributed by atoms with Gasteiger partial charge in [-0.25, -0.2) is 4.39 Å². The average molecular weight is 348 g/mol. The molecule has 0 fully saturated rings. The Balaban J connectivity index is 1.82. The molecule has 0 aliphatic carbocycles. The van der Waals surface area contributed by atoms with Gasteiger partial charge in [-0.15, -0.1) is 0 Å². The molecular formula is C22H21FN2O. The molecule has 3 rings (SSSR count). The zero-order valence-electron chi connectivity index (χ0n) is 14.6. The highest BCUT2D eigenvalue weighted by atomic mass is 19.1. The summed E-state index contributed by atoms with van der Waals surface area (Å²) in [5.41, 5.74) is 2.79. The maximum atomic E-state index is 13.3. The lowest BCUT2D eigenvalue weighted by atomic mass is 9.91. The van der Waals surface area contributed by atoms with Crippen molar-refractivity contribution < 1.29 is 9.18 Å². The molecule has 2 atom stereocenters. The number of carbonyl (C=O) groups excluding carboxylic acids is 1.